The number of nitrogens with zero attached hydrogens (tertiary/aromatic N) is 2. The van der Waals surface area contributed by atoms with Gasteiger partial charge in [0.15, 0.2) is 5.78 Å². The van der Waals surface area contributed by atoms with E-state index in [1.54, 1.807) is 36.4 Å². The van der Waals surface area contributed by atoms with Crippen LogP contribution in [0.2, 0.25) is 5.02 Å². The van der Waals surface area contributed by atoms with Gasteiger partial charge in [-0.1, -0.05) is 35.9 Å². The molecule has 3 aromatic rings. The highest BCUT2D eigenvalue weighted by molar-refractivity contribution is 7.89. The molecule has 0 spiro atoms. The number of aromatic nitrogens is 2. The van der Waals surface area contributed by atoms with Crippen LogP contribution in [0.4, 0.5) is 0 Å². The third-order valence-electron chi connectivity index (χ3n) is 4.17. The molecule has 0 fully saturated rings. The van der Waals surface area contributed by atoms with E-state index < -0.39 is 10.0 Å². The number of hydrogen-bond donors (Lipinski definition) is 1. The number of carbonyl (C=O) groups is 1. The van der Waals surface area contributed by atoms with Crippen LogP contribution in [-0.2, 0) is 16.6 Å². The molecule has 0 saturated heterocycles. The summed E-state index contributed by atoms with van der Waals surface area (Å²) in [6.07, 6.45) is 0. The van der Waals surface area contributed by atoms with Crippen molar-refractivity contribution in [1.82, 2.24) is 14.5 Å². The fourth-order valence-corrected chi connectivity index (χ4v) is 3.83. The Morgan fingerprint density at radius 1 is 1.10 bits per heavy atom. The molecule has 0 aliphatic heterocycles. The molecule has 1 N–H and O–H groups in total. The van der Waals surface area contributed by atoms with Crippen molar-refractivity contribution in [1.29, 1.82) is 0 Å². The molecule has 0 atom stereocenters. The van der Waals surface area contributed by atoms with Gasteiger partial charge in [0, 0.05) is 28.8 Å². The topological polar surface area (TPSA) is 98.1 Å². The second-order valence-electron chi connectivity index (χ2n) is 6.27. The van der Waals surface area contributed by atoms with Gasteiger partial charge in [-0.15, -0.1) is 0 Å². The zero-order chi connectivity index (χ0) is 21.0. The van der Waals surface area contributed by atoms with Crippen LogP contribution in [0.3, 0.4) is 0 Å². The minimum Gasteiger partial charge on any atom is -0.295 e. The van der Waals surface area contributed by atoms with Crippen LogP contribution in [0.5, 0.6) is 0 Å². The molecule has 0 aliphatic carbocycles. The summed E-state index contributed by atoms with van der Waals surface area (Å²) in [6, 6.07) is 15.8. The Morgan fingerprint density at radius 3 is 2.52 bits per heavy atom. The summed E-state index contributed by atoms with van der Waals surface area (Å²) in [6.45, 7) is 1.38. The SMILES string of the molecule is CC(=O)c1cccc(S(=O)(=O)NCCn2nc(-c3ccc(Cl)cc3)ccc2=O)c1. The van der Waals surface area contributed by atoms with Crippen LogP contribution in [0.15, 0.2) is 70.4 Å². The standard InChI is InChI=1S/C20H18ClN3O4S/c1-14(25)16-3-2-4-18(13-16)29(27,28)22-11-12-24-20(26)10-9-19(23-24)15-5-7-17(21)8-6-15/h2-10,13,22H,11-12H2,1H3. The second-order valence-corrected chi connectivity index (χ2v) is 8.47. The van der Waals surface area contributed by atoms with E-state index in [-0.39, 0.29) is 29.3 Å². The van der Waals surface area contributed by atoms with Crippen molar-refractivity contribution in [3.8, 4) is 11.3 Å². The van der Waals surface area contributed by atoms with Gasteiger partial charge in [0.2, 0.25) is 10.0 Å². The van der Waals surface area contributed by atoms with Gasteiger partial charge >= 0.3 is 0 Å². The van der Waals surface area contributed by atoms with Crippen molar-refractivity contribution in [3.05, 3.63) is 81.6 Å². The minimum atomic E-state index is -3.83. The quantitative estimate of drug-likeness (QED) is 0.580. The molecule has 7 nitrogen and oxygen atoms in total. The molecule has 1 aromatic heterocycles. The van der Waals surface area contributed by atoms with E-state index in [4.69, 9.17) is 11.6 Å². The number of rotatable bonds is 7. The lowest BCUT2D eigenvalue weighted by atomic mass is 10.1. The molecule has 0 aliphatic rings. The number of Topliss-reactive ketones (excluding diaryl/α,β-unsaturated/α-hetero) is 1. The summed E-state index contributed by atoms with van der Waals surface area (Å²) in [5.74, 6) is -0.225. The Bertz CT molecular complexity index is 1200. The van der Waals surface area contributed by atoms with Crippen molar-refractivity contribution < 1.29 is 13.2 Å². The monoisotopic (exact) mass is 431 g/mol. The number of halogens is 1. The summed E-state index contributed by atoms with van der Waals surface area (Å²) in [7, 11) is -3.83. The Labute approximate surface area is 173 Å². The zero-order valence-corrected chi connectivity index (χ0v) is 17.1. The van der Waals surface area contributed by atoms with E-state index in [0.29, 0.717) is 16.3 Å². The van der Waals surface area contributed by atoms with Crippen LogP contribution in [0.25, 0.3) is 11.3 Å². The molecule has 1 heterocycles. The highest BCUT2D eigenvalue weighted by Gasteiger charge is 2.15. The summed E-state index contributed by atoms with van der Waals surface area (Å²) < 4.78 is 28.5. The Morgan fingerprint density at radius 2 is 1.83 bits per heavy atom. The lowest BCUT2D eigenvalue weighted by Crippen LogP contribution is -2.32. The molecule has 150 valence electrons. The third-order valence-corrected chi connectivity index (χ3v) is 5.88. The van der Waals surface area contributed by atoms with Crippen LogP contribution in [0.1, 0.15) is 17.3 Å². The van der Waals surface area contributed by atoms with Crippen LogP contribution in [0, 0.1) is 0 Å². The molecule has 0 radical (unpaired) electrons. The number of hydrogen-bond acceptors (Lipinski definition) is 5. The first kappa shape index (κ1) is 20.9. The summed E-state index contributed by atoms with van der Waals surface area (Å²) in [4.78, 5) is 23.5. The first-order valence-electron chi connectivity index (χ1n) is 8.71. The lowest BCUT2D eigenvalue weighted by Gasteiger charge is -2.10. The van der Waals surface area contributed by atoms with Crippen LogP contribution >= 0.6 is 11.6 Å². The smallest absolute Gasteiger partial charge is 0.266 e. The number of nitrogens with one attached hydrogen (secondary N) is 1. The van der Waals surface area contributed by atoms with Crippen molar-refractivity contribution in [2.75, 3.05) is 6.54 Å². The Hall–Kier alpha value is -2.81. The van der Waals surface area contributed by atoms with E-state index in [2.05, 4.69) is 9.82 Å². The molecule has 0 saturated carbocycles. The van der Waals surface area contributed by atoms with Gasteiger partial charge in [0.1, 0.15) is 0 Å². The van der Waals surface area contributed by atoms with Gasteiger partial charge in [0.25, 0.3) is 5.56 Å². The first-order valence-corrected chi connectivity index (χ1v) is 10.6. The molecular weight excluding hydrogens is 414 g/mol. The van der Waals surface area contributed by atoms with E-state index in [9.17, 15) is 18.0 Å². The van der Waals surface area contributed by atoms with Gasteiger partial charge in [-0.25, -0.2) is 17.8 Å². The fraction of sp³-hybridized carbons (Fsp3) is 0.150. The fourth-order valence-electron chi connectivity index (χ4n) is 2.64. The lowest BCUT2D eigenvalue weighted by molar-refractivity contribution is 0.101. The van der Waals surface area contributed by atoms with Gasteiger partial charge in [0.05, 0.1) is 17.1 Å². The first-order chi connectivity index (χ1) is 13.8. The number of carbonyl (C=O) groups excluding carboxylic acids is 1. The average Bonchev–Trinajstić information content (AvgIpc) is 2.70. The molecule has 9 heteroatoms. The molecule has 2 aromatic carbocycles. The molecule has 0 unspecified atom stereocenters. The van der Waals surface area contributed by atoms with Crippen molar-refractivity contribution in [2.45, 2.75) is 18.4 Å². The van der Waals surface area contributed by atoms with Crippen molar-refractivity contribution >= 4 is 27.4 Å². The van der Waals surface area contributed by atoms with E-state index in [1.807, 2.05) is 0 Å². The predicted octanol–water partition coefficient (Wildman–Crippen LogP) is 2.74. The maximum atomic E-state index is 12.5. The van der Waals surface area contributed by atoms with Gasteiger partial charge < -0.3 is 0 Å². The third kappa shape index (κ3) is 5.17. The molecule has 0 bridgehead atoms. The predicted molar refractivity (Wildman–Crippen MR) is 111 cm³/mol. The van der Waals surface area contributed by atoms with Gasteiger partial charge in [-0.2, -0.15) is 5.10 Å². The Kier molecular flexibility index (Phi) is 6.26. The highest BCUT2D eigenvalue weighted by atomic mass is 35.5. The Balaban J connectivity index is 1.74. The summed E-state index contributed by atoms with van der Waals surface area (Å²) in [5, 5.41) is 4.87. The van der Waals surface area contributed by atoms with Crippen molar-refractivity contribution in [2.24, 2.45) is 0 Å². The number of ketones is 1. The molecule has 0 amide bonds. The summed E-state index contributed by atoms with van der Waals surface area (Å²) in [5.41, 5.74) is 1.31. The molecular formula is C20H18ClN3O4S. The van der Waals surface area contributed by atoms with Gasteiger partial charge in [-0.05, 0) is 37.3 Å². The van der Waals surface area contributed by atoms with Crippen LogP contribution in [-0.4, -0.2) is 30.5 Å². The highest BCUT2D eigenvalue weighted by Crippen LogP contribution is 2.18. The van der Waals surface area contributed by atoms with E-state index in [1.165, 1.54) is 35.9 Å². The number of sulfonamides is 1. The summed E-state index contributed by atoms with van der Waals surface area (Å²) >= 11 is 5.88. The van der Waals surface area contributed by atoms with Gasteiger partial charge in [-0.3, -0.25) is 9.59 Å². The largest absolute Gasteiger partial charge is 0.295 e. The zero-order valence-electron chi connectivity index (χ0n) is 15.5. The average molecular weight is 432 g/mol. The second kappa shape index (κ2) is 8.69. The normalized spacial score (nSPS) is 11.4. The van der Waals surface area contributed by atoms with Crippen molar-refractivity contribution in [3.63, 3.8) is 0 Å². The minimum absolute atomic E-state index is 0.0135. The van der Waals surface area contributed by atoms with E-state index >= 15 is 0 Å². The number of benzene rings is 2. The van der Waals surface area contributed by atoms with E-state index in [0.717, 1.165) is 5.56 Å². The maximum Gasteiger partial charge on any atom is 0.266 e. The maximum absolute atomic E-state index is 12.5. The molecule has 29 heavy (non-hydrogen) atoms. The molecule has 3 rings (SSSR count). The van der Waals surface area contributed by atoms with Crippen LogP contribution < -0.4 is 10.3 Å².